The number of nitriles is 1. The summed E-state index contributed by atoms with van der Waals surface area (Å²) in [5.74, 6) is -1.49. The highest BCUT2D eigenvalue weighted by Gasteiger charge is 2.22. The second kappa shape index (κ2) is 9.38. The van der Waals surface area contributed by atoms with Gasteiger partial charge >= 0.3 is 5.97 Å². The van der Waals surface area contributed by atoms with Gasteiger partial charge in [0.2, 0.25) is 16.1 Å². The van der Waals surface area contributed by atoms with E-state index >= 15 is 0 Å². The summed E-state index contributed by atoms with van der Waals surface area (Å²) in [4.78, 5) is 11.6. The van der Waals surface area contributed by atoms with Crippen LogP contribution in [0.2, 0.25) is 0 Å². The first-order chi connectivity index (χ1) is 14.8. The van der Waals surface area contributed by atoms with E-state index in [-0.39, 0.29) is 17.2 Å². The predicted molar refractivity (Wildman–Crippen MR) is 109 cm³/mol. The van der Waals surface area contributed by atoms with Crippen molar-refractivity contribution in [1.29, 1.82) is 5.26 Å². The Labute approximate surface area is 178 Å². The van der Waals surface area contributed by atoms with Crippen molar-refractivity contribution < 1.29 is 27.4 Å². The molecule has 0 aliphatic heterocycles. The Kier molecular flexibility index (Phi) is 6.65. The third kappa shape index (κ3) is 5.66. The largest absolute Gasteiger partial charge is 0.478 e. The summed E-state index contributed by atoms with van der Waals surface area (Å²) in [5.41, 5.74) is 1.25. The minimum absolute atomic E-state index is 0.0213. The molecule has 0 bridgehead atoms. The zero-order valence-electron chi connectivity index (χ0n) is 16.0. The standard InChI is InChI=1S/C22H17FN2O5S/c23-18-6-10-20(11-7-18)31(28,29)25-14-15-4-8-19(9-5-15)30-21(22(26)27)17-3-1-2-16(12-17)13-24/h1-12,21,25H,14H2,(H,26,27). The summed E-state index contributed by atoms with van der Waals surface area (Å²) in [6.45, 7) is -0.0213. The Bertz CT molecular complexity index is 1220. The molecule has 0 amide bonds. The van der Waals surface area contributed by atoms with Crippen LogP contribution in [0.15, 0.2) is 77.7 Å². The molecule has 0 aliphatic carbocycles. The average molecular weight is 440 g/mol. The van der Waals surface area contributed by atoms with Gasteiger partial charge in [-0.1, -0.05) is 24.3 Å². The number of carboxylic acid groups (broad SMARTS) is 1. The van der Waals surface area contributed by atoms with Gasteiger partial charge in [0.1, 0.15) is 11.6 Å². The second-order valence-electron chi connectivity index (χ2n) is 6.50. The number of halogens is 1. The fourth-order valence-electron chi connectivity index (χ4n) is 2.73. The van der Waals surface area contributed by atoms with Crippen molar-refractivity contribution in [1.82, 2.24) is 4.72 Å². The van der Waals surface area contributed by atoms with Gasteiger partial charge in [-0.2, -0.15) is 5.26 Å². The summed E-state index contributed by atoms with van der Waals surface area (Å²) >= 11 is 0. The molecule has 3 rings (SSSR count). The van der Waals surface area contributed by atoms with Gasteiger partial charge in [-0.05, 0) is 54.1 Å². The third-order valence-corrected chi connectivity index (χ3v) is 5.73. The molecule has 3 aromatic rings. The molecule has 1 atom stereocenters. The van der Waals surface area contributed by atoms with Crippen LogP contribution in [0.25, 0.3) is 0 Å². The van der Waals surface area contributed by atoms with E-state index in [1.54, 1.807) is 30.3 Å². The molecule has 7 nitrogen and oxygen atoms in total. The van der Waals surface area contributed by atoms with Gasteiger partial charge in [0.05, 0.1) is 16.5 Å². The molecule has 9 heteroatoms. The van der Waals surface area contributed by atoms with Crippen LogP contribution in [0.1, 0.15) is 22.8 Å². The Morgan fingerprint density at radius 1 is 1.10 bits per heavy atom. The summed E-state index contributed by atoms with van der Waals surface area (Å²) in [6, 6.07) is 18.8. The number of hydrogen-bond acceptors (Lipinski definition) is 5. The number of rotatable bonds is 8. The van der Waals surface area contributed by atoms with Gasteiger partial charge in [-0.3, -0.25) is 0 Å². The summed E-state index contributed by atoms with van der Waals surface area (Å²) < 4.78 is 45.5. The Balaban J connectivity index is 1.68. The van der Waals surface area contributed by atoms with E-state index in [0.717, 1.165) is 12.1 Å². The summed E-state index contributed by atoms with van der Waals surface area (Å²) in [7, 11) is -3.81. The first-order valence-electron chi connectivity index (χ1n) is 9.02. The van der Waals surface area contributed by atoms with Gasteiger partial charge in [-0.15, -0.1) is 0 Å². The van der Waals surface area contributed by atoms with Gasteiger partial charge in [0, 0.05) is 12.1 Å². The third-order valence-electron chi connectivity index (χ3n) is 4.31. The molecule has 0 saturated heterocycles. The Hall–Kier alpha value is -3.74. The van der Waals surface area contributed by atoms with Crippen LogP contribution >= 0.6 is 0 Å². The van der Waals surface area contributed by atoms with Crippen molar-refractivity contribution in [3.8, 4) is 11.8 Å². The van der Waals surface area contributed by atoms with Crippen molar-refractivity contribution in [2.24, 2.45) is 0 Å². The average Bonchev–Trinajstić information content (AvgIpc) is 2.77. The minimum atomic E-state index is -3.81. The zero-order chi connectivity index (χ0) is 22.4. The van der Waals surface area contributed by atoms with Crippen LogP contribution in [0.3, 0.4) is 0 Å². The van der Waals surface area contributed by atoms with E-state index in [9.17, 15) is 22.7 Å². The number of benzene rings is 3. The Morgan fingerprint density at radius 3 is 2.39 bits per heavy atom. The molecule has 2 N–H and O–H groups in total. The second-order valence-corrected chi connectivity index (χ2v) is 8.26. The van der Waals surface area contributed by atoms with Gasteiger partial charge in [-0.25, -0.2) is 22.3 Å². The summed E-state index contributed by atoms with van der Waals surface area (Å²) in [6.07, 6.45) is -1.31. The SMILES string of the molecule is N#Cc1cccc(C(Oc2ccc(CNS(=O)(=O)c3ccc(F)cc3)cc2)C(=O)O)c1. The molecule has 0 radical (unpaired) electrons. The number of carbonyl (C=O) groups is 1. The zero-order valence-corrected chi connectivity index (χ0v) is 16.8. The van der Waals surface area contributed by atoms with Crippen molar-refractivity contribution in [2.45, 2.75) is 17.5 Å². The maximum atomic E-state index is 13.0. The molecule has 0 fully saturated rings. The van der Waals surface area contributed by atoms with Gasteiger partial charge in [0.25, 0.3) is 0 Å². The van der Waals surface area contributed by atoms with Crippen molar-refractivity contribution in [3.05, 3.63) is 95.3 Å². The molecule has 3 aromatic carbocycles. The number of aliphatic carboxylic acids is 1. The van der Waals surface area contributed by atoms with E-state index in [4.69, 9.17) is 10.00 Å². The van der Waals surface area contributed by atoms with Crippen LogP contribution in [0.4, 0.5) is 4.39 Å². The lowest BCUT2D eigenvalue weighted by molar-refractivity contribution is -0.145. The lowest BCUT2D eigenvalue weighted by atomic mass is 10.1. The predicted octanol–water partition coefficient (Wildman–Crippen LogP) is 3.38. The molecule has 1 unspecified atom stereocenters. The molecule has 0 aliphatic rings. The lowest BCUT2D eigenvalue weighted by Crippen LogP contribution is -2.23. The highest BCUT2D eigenvalue weighted by Crippen LogP contribution is 2.24. The molecule has 158 valence electrons. The molecule has 0 spiro atoms. The van der Waals surface area contributed by atoms with Crippen molar-refractivity contribution in [3.63, 3.8) is 0 Å². The number of sulfonamides is 1. The summed E-state index contributed by atoms with van der Waals surface area (Å²) in [5, 5.41) is 18.5. The van der Waals surface area contributed by atoms with Crippen LogP contribution in [-0.2, 0) is 21.4 Å². The molecule has 0 aromatic heterocycles. The van der Waals surface area contributed by atoms with E-state index in [1.165, 1.54) is 30.3 Å². The molecule has 31 heavy (non-hydrogen) atoms. The number of hydrogen-bond donors (Lipinski definition) is 2. The minimum Gasteiger partial charge on any atom is -0.478 e. The van der Waals surface area contributed by atoms with E-state index in [1.807, 2.05) is 6.07 Å². The molecule has 0 saturated carbocycles. The smallest absolute Gasteiger partial charge is 0.349 e. The first-order valence-corrected chi connectivity index (χ1v) is 10.5. The van der Waals surface area contributed by atoms with Crippen LogP contribution in [0, 0.1) is 17.1 Å². The molecular weight excluding hydrogens is 423 g/mol. The van der Waals surface area contributed by atoms with E-state index in [0.29, 0.717) is 16.7 Å². The quantitative estimate of drug-likeness (QED) is 0.555. The Morgan fingerprint density at radius 2 is 1.77 bits per heavy atom. The van der Waals surface area contributed by atoms with E-state index < -0.39 is 27.9 Å². The molecule has 0 heterocycles. The van der Waals surface area contributed by atoms with Crippen molar-refractivity contribution >= 4 is 16.0 Å². The first kappa shape index (κ1) is 22.0. The normalized spacial score (nSPS) is 12.0. The lowest BCUT2D eigenvalue weighted by Gasteiger charge is -2.16. The fourth-order valence-corrected chi connectivity index (χ4v) is 3.75. The van der Waals surface area contributed by atoms with Crippen LogP contribution < -0.4 is 9.46 Å². The van der Waals surface area contributed by atoms with Gasteiger partial charge < -0.3 is 9.84 Å². The monoisotopic (exact) mass is 440 g/mol. The van der Waals surface area contributed by atoms with Crippen LogP contribution in [0.5, 0.6) is 5.75 Å². The maximum Gasteiger partial charge on any atom is 0.349 e. The van der Waals surface area contributed by atoms with Crippen LogP contribution in [-0.4, -0.2) is 19.5 Å². The number of carboxylic acids is 1. The number of ether oxygens (including phenoxy) is 1. The topological polar surface area (TPSA) is 116 Å². The van der Waals surface area contributed by atoms with Gasteiger partial charge in [0.15, 0.2) is 0 Å². The molecular formula is C22H17FN2O5S. The highest BCUT2D eigenvalue weighted by atomic mass is 32.2. The number of nitrogens with zero attached hydrogens (tertiary/aromatic N) is 1. The van der Waals surface area contributed by atoms with Crippen molar-refractivity contribution in [2.75, 3.05) is 0 Å². The maximum absolute atomic E-state index is 13.0. The highest BCUT2D eigenvalue weighted by molar-refractivity contribution is 7.89. The number of nitrogens with one attached hydrogen (secondary N) is 1. The fraction of sp³-hybridized carbons (Fsp3) is 0.0909. The van der Waals surface area contributed by atoms with E-state index in [2.05, 4.69) is 4.72 Å².